The van der Waals surface area contributed by atoms with Crippen LogP contribution in [-0.2, 0) is 11.3 Å². The summed E-state index contributed by atoms with van der Waals surface area (Å²) in [5.74, 6) is 6.70. The van der Waals surface area contributed by atoms with E-state index < -0.39 is 0 Å². The van der Waals surface area contributed by atoms with Gasteiger partial charge in [0.25, 0.3) is 0 Å². The fourth-order valence-corrected chi connectivity index (χ4v) is 6.03. The van der Waals surface area contributed by atoms with Crippen LogP contribution in [0.1, 0.15) is 96.6 Å². The number of unbranched alkanes of at least 4 members (excludes halogenated alkanes) is 1. The Morgan fingerprint density at radius 3 is 2.34 bits per heavy atom. The molecule has 5 N–H and O–H groups in total. The van der Waals surface area contributed by atoms with Crippen molar-refractivity contribution in [2.24, 2.45) is 27.1 Å². The molecule has 1 heterocycles. The third kappa shape index (κ3) is 7.88. The van der Waals surface area contributed by atoms with E-state index in [2.05, 4.69) is 79.6 Å². The molecule has 4 rings (SSSR count). The minimum atomic E-state index is -0.0560. The van der Waals surface area contributed by atoms with Crippen molar-refractivity contribution in [3.63, 3.8) is 0 Å². The molecule has 8 heteroatoms. The van der Waals surface area contributed by atoms with Crippen LogP contribution < -0.4 is 22.0 Å². The number of carbonyl (C=O) groups is 1. The Kier molecular flexibility index (Phi) is 10.1. The molecule has 0 unspecified atom stereocenters. The first-order valence-corrected chi connectivity index (χ1v) is 15.2. The second-order valence-electron chi connectivity index (χ2n) is 12.8. The Bertz CT molecular complexity index is 1220. The van der Waals surface area contributed by atoms with Crippen LogP contribution in [0, 0.1) is 5.41 Å². The molecule has 0 aromatic heterocycles. The standard InChI is InChI=1S/C33H49N7O/c1-5-6-9-30(36-33(4)16-7-8-17-33)40(24-41)23-25-10-12-26(13-11-25)29-22-27(14-15-28(29)31(34)37-38-35)39-20-18-32(2,3)19-21-39/h10-15,22,24,38H,5-9,16-21,23,35H2,1-4H3,(H2,34,37). The number of benzene rings is 2. The Hall–Kier alpha value is -3.39. The summed E-state index contributed by atoms with van der Waals surface area (Å²) in [6.07, 6.45) is 10.8. The van der Waals surface area contributed by atoms with Gasteiger partial charge in [0.2, 0.25) is 6.41 Å². The molecule has 1 saturated heterocycles. The number of amidine groups is 2. The minimum absolute atomic E-state index is 0.0560. The molecule has 2 aromatic rings. The van der Waals surface area contributed by atoms with Gasteiger partial charge in [-0.2, -0.15) is 0 Å². The second kappa shape index (κ2) is 13.5. The largest absolute Gasteiger partial charge is 0.382 e. The number of piperidine rings is 1. The fourth-order valence-electron chi connectivity index (χ4n) is 6.03. The predicted molar refractivity (Wildman–Crippen MR) is 171 cm³/mol. The highest BCUT2D eigenvalue weighted by Crippen LogP contribution is 2.36. The number of nitrogens with zero attached hydrogens (tertiary/aromatic N) is 4. The summed E-state index contributed by atoms with van der Waals surface area (Å²) in [6, 6.07) is 14.7. The van der Waals surface area contributed by atoms with E-state index in [1.807, 2.05) is 6.07 Å². The summed E-state index contributed by atoms with van der Waals surface area (Å²) in [7, 11) is 0. The van der Waals surface area contributed by atoms with E-state index in [-0.39, 0.29) is 5.54 Å². The molecule has 0 radical (unpaired) electrons. The third-order valence-electron chi connectivity index (χ3n) is 8.86. The number of hydrazone groups is 1. The van der Waals surface area contributed by atoms with Gasteiger partial charge < -0.3 is 10.6 Å². The van der Waals surface area contributed by atoms with Crippen LogP contribution in [0.3, 0.4) is 0 Å². The number of hydrogen-bond acceptors (Lipinski definition) is 6. The van der Waals surface area contributed by atoms with E-state index in [1.165, 1.54) is 18.5 Å². The number of anilines is 1. The van der Waals surface area contributed by atoms with Crippen molar-refractivity contribution in [3.8, 4) is 11.1 Å². The van der Waals surface area contributed by atoms with Crippen molar-refractivity contribution < 1.29 is 4.79 Å². The van der Waals surface area contributed by atoms with Gasteiger partial charge in [-0.25, -0.2) is 11.4 Å². The molecular formula is C33H49N7O. The smallest absolute Gasteiger partial charge is 0.215 e. The van der Waals surface area contributed by atoms with Crippen LogP contribution in [0.4, 0.5) is 5.69 Å². The summed E-state index contributed by atoms with van der Waals surface area (Å²) in [5.41, 5.74) is 14.1. The van der Waals surface area contributed by atoms with Gasteiger partial charge >= 0.3 is 0 Å². The van der Waals surface area contributed by atoms with Crippen molar-refractivity contribution in [3.05, 3.63) is 53.6 Å². The lowest BCUT2D eigenvalue weighted by molar-refractivity contribution is -0.115. The van der Waals surface area contributed by atoms with E-state index in [0.29, 0.717) is 17.8 Å². The maximum atomic E-state index is 12.3. The van der Waals surface area contributed by atoms with Gasteiger partial charge in [0, 0.05) is 30.8 Å². The van der Waals surface area contributed by atoms with Crippen molar-refractivity contribution >= 4 is 23.8 Å². The fraction of sp³-hybridized carbons (Fsp3) is 0.545. The van der Waals surface area contributed by atoms with Crippen LogP contribution in [0.5, 0.6) is 0 Å². The highest BCUT2D eigenvalue weighted by Gasteiger charge is 2.29. The number of rotatable bonds is 11. The van der Waals surface area contributed by atoms with E-state index in [1.54, 1.807) is 4.90 Å². The quantitative estimate of drug-likeness (QED) is 0.104. The lowest BCUT2D eigenvalue weighted by atomic mass is 9.82. The Balaban J connectivity index is 1.60. The highest BCUT2D eigenvalue weighted by atomic mass is 16.1. The molecule has 0 spiro atoms. The number of aliphatic imine (C=N–C) groups is 1. The molecule has 0 atom stereocenters. The number of nitrogens with two attached hydrogens (primary N) is 2. The summed E-state index contributed by atoms with van der Waals surface area (Å²) in [5, 5.41) is 4.05. The average Bonchev–Trinajstić information content (AvgIpc) is 3.40. The zero-order chi connectivity index (χ0) is 29.5. The highest BCUT2D eigenvalue weighted by molar-refractivity contribution is 6.04. The molecule has 1 aliphatic heterocycles. The second-order valence-corrected chi connectivity index (χ2v) is 12.8. The zero-order valence-corrected chi connectivity index (χ0v) is 25.5. The summed E-state index contributed by atoms with van der Waals surface area (Å²) >= 11 is 0. The molecule has 2 aliphatic rings. The Labute approximate surface area is 246 Å². The van der Waals surface area contributed by atoms with Gasteiger partial charge in [-0.05, 0) is 79.3 Å². The van der Waals surface area contributed by atoms with Crippen molar-refractivity contribution in [2.45, 2.75) is 97.6 Å². The molecule has 1 saturated carbocycles. The lowest BCUT2D eigenvalue weighted by Gasteiger charge is -2.38. The summed E-state index contributed by atoms with van der Waals surface area (Å²) < 4.78 is 0. The van der Waals surface area contributed by atoms with Crippen molar-refractivity contribution in [1.82, 2.24) is 10.4 Å². The number of hydrogen-bond donors (Lipinski definition) is 3. The summed E-state index contributed by atoms with van der Waals surface area (Å²) in [6.45, 7) is 11.7. The molecule has 1 aliphatic carbocycles. The maximum absolute atomic E-state index is 12.3. The van der Waals surface area contributed by atoms with Gasteiger partial charge in [-0.15, -0.1) is 5.10 Å². The van der Waals surface area contributed by atoms with Crippen LogP contribution in [0.15, 0.2) is 52.6 Å². The van der Waals surface area contributed by atoms with Gasteiger partial charge in [0.05, 0.1) is 12.1 Å². The topological polar surface area (TPSA) is 112 Å². The third-order valence-corrected chi connectivity index (χ3v) is 8.86. The predicted octanol–water partition coefficient (Wildman–Crippen LogP) is 5.94. The number of nitrogens with one attached hydrogen (secondary N) is 1. The average molecular weight is 560 g/mol. The Morgan fingerprint density at radius 2 is 1.73 bits per heavy atom. The van der Waals surface area contributed by atoms with E-state index >= 15 is 0 Å². The number of amides is 1. The monoisotopic (exact) mass is 559 g/mol. The van der Waals surface area contributed by atoms with Crippen LogP contribution in [0.2, 0.25) is 0 Å². The van der Waals surface area contributed by atoms with Gasteiger partial charge in [-0.3, -0.25) is 14.7 Å². The van der Waals surface area contributed by atoms with Crippen molar-refractivity contribution in [1.29, 1.82) is 0 Å². The van der Waals surface area contributed by atoms with Crippen LogP contribution in [-0.4, -0.2) is 41.6 Å². The SMILES string of the molecule is CCCCC(=NC1(C)CCCC1)N(C=O)Cc1ccc(-c2cc(N3CCC(C)(C)CC3)ccc2/C(N)=N/NN)cc1. The first-order chi connectivity index (χ1) is 19.7. The molecule has 41 heavy (non-hydrogen) atoms. The van der Waals surface area contributed by atoms with E-state index in [0.717, 1.165) is 92.5 Å². The van der Waals surface area contributed by atoms with Crippen LogP contribution >= 0.6 is 0 Å². The maximum Gasteiger partial charge on any atom is 0.215 e. The van der Waals surface area contributed by atoms with Crippen molar-refractivity contribution in [2.75, 3.05) is 18.0 Å². The molecule has 2 aromatic carbocycles. The van der Waals surface area contributed by atoms with E-state index in [4.69, 9.17) is 16.6 Å². The Morgan fingerprint density at radius 1 is 1.05 bits per heavy atom. The molecule has 0 bridgehead atoms. The molecular weight excluding hydrogens is 510 g/mol. The first kappa shape index (κ1) is 30.6. The minimum Gasteiger partial charge on any atom is -0.382 e. The number of carbonyl (C=O) groups excluding carboxylic acids is 1. The normalized spacial score (nSPS) is 18.8. The molecule has 1 amide bonds. The van der Waals surface area contributed by atoms with Gasteiger partial charge in [0.15, 0.2) is 5.84 Å². The first-order valence-electron chi connectivity index (χ1n) is 15.2. The van der Waals surface area contributed by atoms with Gasteiger partial charge in [0.1, 0.15) is 5.84 Å². The lowest BCUT2D eigenvalue weighted by Crippen LogP contribution is -2.37. The van der Waals surface area contributed by atoms with E-state index in [9.17, 15) is 4.79 Å². The summed E-state index contributed by atoms with van der Waals surface area (Å²) in [4.78, 5) is 21.7. The zero-order valence-electron chi connectivity index (χ0n) is 25.5. The molecule has 8 nitrogen and oxygen atoms in total. The molecule has 2 fully saturated rings. The van der Waals surface area contributed by atoms with Gasteiger partial charge in [-0.1, -0.05) is 64.3 Å². The van der Waals surface area contributed by atoms with Crippen LogP contribution in [0.25, 0.3) is 11.1 Å². The molecule has 222 valence electrons. The number of hydrazine groups is 1.